The van der Waals surface area contributed by atoms with Crippen molar-refractivity contribution in [3.8, 4) is 0 Å². The molecule has 1 rings (SSSR count). The van der Waals surface area contributed by atoms with Gasteiger partial charge in [0, 0.05) is 0 Å². The quantitative estimate of drug-likeness (QED) is 0.455. The molecule has 0 bridgehead atoms. The summed E-state index contributed by atoms with van der Waals surface area (Å²) in [5.74, 6) is 1.36. The van der Waals surface area contributed by atoms with Crippen LogP contribution in [0.1, 0.15) is 13.8 Å². The zero-order valence-corrected chi connectivity index (χ0v) is 6.48. The van der Waals surface area contributed by atoms with Gasteiger partial charge >= 0.3 is 0 Å². The lowest BCUT2D eigenvalue weighted by molar-refractivity contribution is 0.0882. The van der Waals surface area contributed by atoms with E-state index in [4.69, 9.17) is 4.74 Å². The van der Waals surface area contributed by atoms with Crippen LogP contribution in [0.4, 0.5) is 0 Å². The first-order chi connectivity index (χ1) is 3.79. The minimum absolute atomic E-state index is 0.547. The SMILES string of the molecule is CC1COC(C)PC1. The van der Waals surface area contributed by atoms with Gasteiger partial charge in [-0.05, 0) is 19.0 Å². The molecule has 48 valence electrons. The molecule has 3 unspecified atom stereocenters. The van der Waals surface area contributed by atoms with E-state index in [1.54, 1.807) is 0 Å². The second-order valence-corrected chi connectivity index (χ2v) is 4.12. The third kappa shape index (κ3) is 1.72. The van der Waals surface area contributed by atoms with Gasteiger partial charge in [-0.2, -0.15) is 0 Å². The summed E-state index contributed by atoms with van der Waals surface area (Å²) in [7, 11) is 1.03. The summed E-state index contributed by atoms with van der Waals surface area (Å²) in [4.78, 5) is 0. The fraction of sp³-hybridized carbons (Fsp3) is 1.00. The molecular formula is C6H13OP. The molecule has 0 radical (unpaired) electrons. The van der Waals surface area contributed by atoms with Crippen molar-refractivity contribution in [2.24, 2.45) is 5.92 Å². The molecule has 8 heavy (non-hydrogen) atoms. The summed E-state index contributed by atoms with van der Waals surface area (Å²) < 4.78 is 5.40. The first kappa shape index (κ1) is 6.51. The molecule has 0 N–H and O–H groups in total. The fourth-order valence-corrected chi connectivity index (χ4v) is 1.86. The average Bonchev–Trinajstić information content (AvgIpc) is 1.77. The molecule has 1 heterocycles. The Hall–Kier alpha value is 0.390. The molecule has 1 nitrogen and oxygen atoms in total. The average molecular weight is 132 g/mol. The van der Waals surface area contributed by atoms with Crippen molar-refractivity contribution in [2.75, 3.05) is 12.8 Å². The van der Waals surface area contributed by atoms with E-state index < -0.39 is 0 Å². The minimum Gasteiger partial charge on any atom is -0.374 e. The topological polar surface area (TPSA) is 9.23 Å². The van der Waals surface area contributed by atoms with E-state index in [9.17, 15) is 0 Å². The van der Waals surface area contributed by atoms with Crippen LogP contribution in [-0.4, -0.2) is 18.6 Å². The molecular weight excluding hydrogens is 119 g/mol. The van der Waals surface area contributed by atoms with Crippen LogP contribution in [0.15, 0.2) is 0 Å². The van der Waals surface area contributed by atoms with Gasteiger partial charge in [0.15, 0.2) is 0 Å². The van der Waals surface area contributed by atoms with E-state index in [0.717, 1.165) is 21.1 Å². The summed E-state index contributed by atoms with van der Waals surface area (Å²) in [6.07, 6.45) is 1.38. The van der Waals surface area contributed by atoms with E-state index >= 15 is 0 Å². The van der Waals surface area contributed by atoms with E-state index in [1.165, 1.54) is 6.16 Å². The van der Waals surface area contributed by atoms with Crippen LogP contribution in [0.2, 0.25) is 0 Å². The second-order valence-electron chi connectivity index (χ2n) is 2.49. The Balaban J connectivity index is 2.19. The molecule has 0 amide bonds. The summed E-state index contributed by atoms with van der Waals surface area (Å²) in [5.41, 5.74) is 0. The maximum Gasteiger partial charge on any atom is 0.0709 e. The van der Waals surface area contributed by atoms with Gasteiger partial charge in [0.25, 0.3) is 0 Å². The third-order valence-electron chi connectivity index (χ3n) is 1.38. The number of hydrogen-bond acceptors (Lipinski definition) is 1. The number of ether oxygens (including phenoxy) is 1. The summed E-state index contributed by atoms with van der Waals surface area (Å²) in [6.45, 7) is 5.39. The summed E-state index contributed by atoms with van der Waals surface area (Å²) in [6, 6.07) is 0. The van der Waals surface area contributed by atoms with Gasteiger partial charge < -0.3 is 4.74 Å². The first-order valence-corrected chi connectivity index (χ1v) is 4.42. The molecule has 2 heteroatoms. The zero-order valence-electron chi connectivity index (χ0n) is 5.48. The monoisotopic (exact) mass is 132 g/mol. The van der Waals surface area contributed by atoms with Crippen LogP contribution in [0.3, 0.4) is 0 Å². The van der Waals surface area contributed by atoms with Crippen molar-refractivity contribution in [3.63, 3.8) is 0 Å². The lowest BCUT2D eigenvalue weighted by atomic mass is 10.2. The van der Waals surface area contributed by atoms with E-state index in [0.29, 0.717) is 5.85 Å². The summed E-state index contributed by atoms with van der Waals surface area (Å²) in [5, 5.41) is 0. The Kier molecular flexibility index (Phi) is 2.27. The maximum absolute atomic E-state index is 5.40. The van der Waals surface area contributed by atoms with Crippen molar-refractivity contribution in [1.29, 1.82) is 0 Å². The Morgan fingerprint density at radius 2 is 2.25 bits per heavy atom. The smallest absolute Gasteiger partial charge is 0.0709 e. The minimum atomic E-state index is 0.547. The van der Waals surface area contributed by atoms with Crippen molar-refractivity contribution >= 4 is 8.58 Å². The molecule has 1 saturated heterocycles. The van der Waals surface area contributed by atoms with Gasteiger partial charge in [-0.3, -0.25) is 0 Å². The molecule has 0 aliphatic carbocycles. The predicted octanol–water partition coefficient (Wildman–Crippen LogP) is 1.68. The van der Waals surface area contributed by atoms with Crippen LogP contribution in [-0.2, 0) is 4.74 Å². The number of rotatable bonds is 0. The van der Waals surface area contributed by atoms with Crippen molar-refractivity contribution < 1.29 is 4.74 Å². The molecule has 0 aromatic rings. The summed E-state index contributed by atoms with van der Waals surface area (Å²) >= 11 is 0. The van der Waals surface area contributed by atoms with E-state index in [2.05, 4.69) is 13.8 Å². The molecule has 1 aliphatic rings. The predicted molar refractivity (Wildman–Crippen MR) is 37.8 cm³/mol. The Morgan fingerprint density at radius 3 is 2.62 bits per heavy atom. The number of hydrogen-bond donors (Lipinski definition) is 0. The maximum atomic E-state index is 5.40. The van der Waals surface area contributed by atoms with Crippen LogP contribution in [0, 0.1) is 5.92 Å². The second kappa shape index (κ2) is 2.80. The largest absolute Gasteiger partial charge is 0.374 e. The van der Waals surface area contributed by atoms with Gasteiger partial charge in [-0.25, -0.2) is 0 Å². The van der Waals surface area contributed by atoms with Crippen LogP contribution < -0.4 is 0 Å². The third-order valence-corrected chi connectivity index (χ3v) is 3.06. The van der Waals surface area contributed by atoms with Crippen LogP contribution >= 0.6 is 8.58 Å². The van der Waals surface area contributed by atoms with Crippen molar-refractivity contribution in [3.05, 3.63) is 0 Å². The lowest BCUT2D eigenvalue weighted by Crippen LogP contribution is -2.18. The van der Waals surface area contributed by atoms with Gasteiger partial charge in [-0.15, -0.1) is 0 Å². The van der Waals surface area contributed by atoms with Crippen molar-refractivity contribution in [2.45, 2.75) is 19.7 Å². The van der Waals surface area contributed by atoms with E-state index in [-0.39, 0.29) is 0 Å². The van der Waals surface area contributed by atoms with Crippen molar-refractivity contribution in [1.82, 2.24) is 0 Å². The standard InChI is InChI=1S/C6H13OP/c1-5-3-7-6(2)8-4-5/h5-6,8H,3-4H2,1-2H3. The lowest BCUT2D eigenvalue weighted by Gasteiger charge is -2.23. The highest BCUT2D eigenvalue weighted by Gasteiger charge is 2.13. The molecule has 3 atom stereocenters. The highest BCUT2D eigenvalue weighted by molar-refractivity contribution is 7.38. The van der Waals surface area contributed by atoms with Crippen LogP contribution in [0.5, 0.6) is 0 Å². The molecule has 1 aliphatic heterocycles. The Bertz CT molecular complexity index is 56.9. The van der Waals surface area contributed by atoms with Crippen LogP contribution in [0.25, 0.3) is 0 Å². The highest BCUT2D eigenvalue weighted by Crippen LogP contribution is 2.28. The normalized spacial score (nSPS) is 42.8. The zero-order chi connectivity index (χ0) is 5.98. The fourth-order valence-electron chi connectivity index (χ4n) is 0.794. The van der Waals surface area contributed by atoms with Gasteiger partial charge in [0.05, 0.1) is 12.5 Å². The Morgan fingerprint density at radius 1 is 1.50 bits per heavy atom. The highest BCUT2D eigenvalue weighted by atomic mass is 31.1. The molecule has 0 saturated carbocycles. The first-order valence-electron chi connectivity index (χ1n) is 3.14. The van der Waals surface area contributed by atoms with E-state index in [1.807, 2.05) is 0 Å². The molecule has 1 fully saturated rings. The van der Waals surface area contributed by atoms with Gasteiger partial charge in [0.2, 0.25) is 0 Å². The molecule has 0 aromatic carbocycles. The molecule has 0 spiro atoms. The Labute approximate surface area is 52.6 Å². The van der Waals surface area contributed by atoms with Gasteiger partial charge in [-0.1, -0.05) is 15.5 Å². The molecule has 0 aromatic heterocycles. The van der Waals surface area contributed by atoms with Gasteiger partial charge in [0.1, 0.15) is 0 Å².